The molecule has 4 aromatic rings. The molecule has 4 rings (SSSR count). The van der Waals surface area contributed by atoms with Gasteiger partial charge in [-0.1, -0.05) is 66.7 Å². The molecule has 0 unspecified atom stereocenters. The number of benzene rings is 4. The molecule has 1 nitrogen and oxygen atoms in total. The van der Waals surface area contributed by atoms with Crippen LogP contribution >= 0.6 is 7.14 Å². The summed E-state index contributed by atoms with van der Waals surface area (Å²) in [6.07, 6.45) is 0. The van der Waals surface area contributed by atoms with E-state index in [0.29, 0.717) is 0 Å². The lowest BCUT2D eigenvalue weighted by molar-refractivity contribution is 0.588. The molecule has 0 spiro atoms. The largest absolute Gasteiger partial charge is 0.319 e. The first-order chi connectivity index (χ1) is 11.5. The zero-order valence-corrected chi connectivity index (χ0v) is 14.8. The van der Waals surface area contributed by atoms with Crippen LogP contribution in [0.3, 0.4) is 0 Å². The maximum Gasteiger partial charge on any atom is 0.109 e. The molecule has 0 saturated heterocycles. The molecule has 0 aliphatic rings. The molecule has 4 aromatic carbocycles. The van der Waals surface area contributed by atoms with Crippen LogP contribution < -0.4 is 5.30 Å². The van der Waals surface area contributed by atoms with Crippen LogP contribution in [0.25, 0.3) is 32.7 Å². The second-order valence-corrected chi connectivity index (χ2v) is 9.81. The van der Waals surface area contributed by atoms with Crippen LogP contribution in [0.15, 0.2) is 78.9 Å². The Kier molecular flexibility index (Phi) is 3.55. The lowest BCUT2D eigenvalue weighted by Crippen LogP contribution is -2.02. The molecule has 0 radical (unpaired) electrons. The van der Waals surface area contributed by atoms with Crippen molar-refractivity contribution in [1.29, 1.82) is 0 Å². The van der Waals surface area contributed by atoms with E-state index in [1.807, 2.05) is 25.5 Å². The Balaban J connectivity index is 2.13. The zero-order chi connectivity index (χ0) is 16.7. The molecule has 0 fully saturated rings. The lowest BCUT2D eigenvalue weighted by Gasteiger charge is -2.14. The maximum atomic E-state index is 12.5. The summed E-state index contributed by atoms with van der Waals surface area (Å²) in [5.41, 5.74) is 2.35. The lowest BCUT2D eigenvalue weighted by atomic mass is 9.92. The van der Waals surface area contributed by atoms with E-state index >= 15 is 0 Å². The fourth-order valence-electron chi connectivity index (χ4n) is 3.32. The van der Waals surface area contributed by atoms with Gasteiger partial charge in [-0.3, -0.25) is 0 Å². The molecule has 0 aliphatic carbocycles. The average Bonchev–Trinajstić information content (AvgIpc) is 2.59. The van der Waals surface area contributed by atoms with Gasteiger partial charge in [-0.25, -0.2) is 0 Å². The second kappa shape index (κ2) is 5.61. The predicted octanol–water partition coefficient (Wildman–Crippen LogP) is 5.91. The second-order valence-electron chi connectivity index (χ2n) is 6.60. The Morgan fingerprint density at radius 2 is 1.25 bits per heavy atom. The van der Waals surface area contributed by atoms with Crippen LogP contribution in [-0.4, -0.2) is 13.3 Å². The van der Waals surface area contributed by atoms with Crippen LogP contribution in [-0.2, 0) is 4.57 Å². The SMILES string of the molecule is CP(C)(=O)c1cccc(-c2c3ccccc3cc3ccccc23)c1. The van der Waals surface area contributed by atoms with Crippen LogP contribution in [0.2, 0.25) is 0 Å². The highest BCUT2D eigenvalue weighted by molar-refractivity contribution is 7.70. The number of hydrogen-bond acceptors (Lipinski definition) is 1. The van der Waals surface area contributed by atoms with Gasteiger partial charge in [-0.15, -0.1) is 0 Å². The summed E-state index contributed by atoms with van der Waals surface area (Å²) in [5.74, 6) is 0. The minimum absolute atomic E-state index is 0.928. The zero-order valence-electron chi connectivity index (χ0n) is 13.9. The first-order valence-corrected chi connectivity index (χ1v) is 10.7. The van der Waals surface area contributed by atoms with Crippen molar-refractivity contribution in [3.63, 3.8) is 0 Å². The van der Waals surface area contributed by atoms with Crippen molar-refractivity contribution in [2.75, 3.05) is 13.3 Å². The summed E-state index contributed by atoms with van der Waals surface area (Å²) < 4.78 is 12.5. The van der Waals surface area contributed by atoms with Crippen LogP contribution in [0, 0.1) is 0 Å². The van der Waals surface area contributed by atoms with Crippen molar-refractivity contribution < 1.29 is 4.57 Å². The van der Waals surface area contributed by atoms with Crippen molar-refractivity contribution in [3.05, 3.63) is 78.9 Å². The van der Waals surface area contributed by atoms with Gasteiger partial charge >= 0.3 is 0 Å². The molecule has 0 amide bonds. The summed E-state index contributed by atoms with van der Waals surface area (Å²) in [5, 5.41) is 5.85. The Labute approximate surface area is 142 Å². The quantitative estimate of drug-likeness (QED) is 0.330. The van der Waals surface area contributed by atoms with E-state index in [2.05, 4.69) is 66.7 Å². The third-order valence-electron chi connectivity index (χ3n) is 4.53. The van der Waals surface area contributed by atoms with Gasteiger partial charge in [0.1, 0.15) is 7.14 Å². The van der Waals surface area contributed by atoms with E-state index in [1.54, 1.807) is 0 Å². The van der Waals surface area contributed by atoms with Gasteiger partial charge in [-0.05, 0) is 58.1 Å². The predicted molar refractivity (Wildman–Crippen MR) is 106 cm³/mol. The fraction of sp³-hybridized carbons (Fsp3) is 0.0909. The highest BCUT2D eigenvalue weighted by Crippen LogP contribution is 2.39. The van der Waals surface area contributed by atoms with Crippen LogP contribution in [0.1, 0.15) is 0 Å². The fourth-order valence-corrected chi connectivity index (χ4v) is 4.22. The normalized spacial score (nSPS) is 11.9. The smallest absolute Gasteiger partial charge is 0.109 e. The number of fused-ring (bicyclic) bond motifs is 2. The minimum atomic E-state index is -2.29. The molecule has 0 aromatic heterocycles. The standard InChI is InChI=1S/C22H19OP/c1-24(2,23)19-11-7-10-18(15-19)22-20-12-5-3-8-16(20)14-17-9-4-6-13-21(17)22/h3-15H,1-2H3. The molecular formula is C22H19OP. The first-order valence-electron chi connectivity index (χ1n) is 8.10. The number of hydrogen-bond donors (Lipinski definition) is 0. The minimum Gasteiger partial charge on any atom is -0.319 e. The van der Waals surface area contributed by atoms with Crippen molar-refractivity contribution in [2.24, 2.45) is 0 Å². The molecule has 0 aliphatic heterocycles. The Morgan fingerprint density at radius 1 is 0.667 bits per heavy atom. The van der Waals surface area contributed by atoms with Gasteiger partial charge in [-0.2, -0.15) is 0 Å². The number of rotatable bonds is 2. The maximum absolute atomic E-state index is 12.5. The van der Waals surface area contributed by atoms with Crippen LogP contribution in [0.4, 0.5) is 0 Å². The Bertz CT molecular complexity index is 1050. The summed E-state index contributed by atoms with van der Waals surface area (Å²) >= 11 is 0. The molecule has 118 valence electrons. The van der Waals surface area contributed by atoms with E-state index in [1.165, 1.54) is 27.1 Å². The van der Waals surface area contributed by atoms with Gasteiger partial charge in [0.25, 0.3) is 0 Å². The molecule has 0 heterocycles. The monoisotopic (exact) mass is 330 g/mol. The molecule has 24 heavy (non-hydrogen) atoms. The topological polar surface area (TPSA) is 17.1 Å². The highest BCUT2D eigenvalue weighted by atomic mass is 31.2. The van der Waals surface area contributed by atoms with Crippen molar-refractivity contribution >= 4 is 34.0 Å². The van der Waals surface area contributed by atoms with Gasteiger partial charge in [0.2, 0.25) is 0 Å². The highest BCUT2D eigenvalue weighted by Gasteiger charge is 2.14. The molecular weight excluding hydrogens is 311 g/mol. The van der Waals surface area contributed by atoms with Crippen LogP contribution in [0.5, 0.6) is 0 Å². The molecule has 0 saturated carbocycles. The summed E-state index contributed by atoms with van der Waals surface area (Å²) in [4.78, 5) is 0. The van der Waals surface area contributed by atoms with Crippen molar-refractivity contribution in [1.82, 2.24) is 0 Å². The summed E-state index contributed by atoms with van der Waals surface area (Å²) in [6, 6.07) is 27.4. The van der Waals surface area contributed by atoms with Gasteiger partial charge in [0.05, 0.1) is 0 Å². The molecule has 0 atom stereocenters. The summed E-state index contributed by atoms with van der Waals surface area (Å²) in [6.45, 7) is 3.65. The van der Waals surface area contributed by atoms with Gasteiger partial charge < -0.3 is 4.57 Å². The van der Waals surface area contributed by atoms with E-state index in [0.717, 1.165) is 10.9 Å². The van der Waals surface area contributed by atoms with E-state index in [-0.39, 0.29) is 0 Å². The van der Waals surface area contributed by atoms with E-state index < -0.39 is 7.14 Å². The van der Waals surface area contributed by atoms with Crippen molar-refractivity contribution in [3.8, 4) is 11.1 Å². The summed E-state index contributed by atoms with van der Waals surface area (Å²) in [7, 11) is -2.29. The van der Waals surface area contributed by atoms with Gasteiger partial charge in [0, 0.05) is 5.30 Å². The Morgan fingerprint density at radius 3 is 1.83 bits per heavy atom. The molecule has 0 bridgehead atoms. The van der Waals surface area contributed by atoms with Crippen molar-refractivity contribution in [2.45, 2.75) is 0 Å². The van der Waals surface area contributed by atoms with E-state index in [4.69, 9.17) is 0 Å². The van der Waals surface area contributed by atoms with E-state index in [9.17, 15) is 4.57 Å². The average molecular weight is 330 g/mol. The first kappa shape index (κ1) is 15.2. The molecule has 2 heteroatoms. The third-order valence-corrected chi connectivity index (χ3v) is 6.05. The Hall–Kier alpha value is -2.37. The third kappa shape index (κ3) is 2.56. The molecule has 0 N–H and O–H groups in total. The van der Waals surface area contributed by atoms with Gasteiger partial charge in [0.15, 0.2) is 0 Å².